The molecule has 3 aromatic rings. The van der Waals surface area contributed by atoms with Gasteiger partial charge in [0.25, 0.3) is 0 Å². The zero-order valence-corrected chi connectivity index (χ0v) is 17.8. The standard InChI is InChI=1S/C23H30N6O/c1-14(2)20-19(12-16-6-3-4-8-18(16)15-9-10-15)28-29-21(20)26-23(27-22(29)24)30-17-7-5-11-25-13-17/h3-4,6,8,14-15,17,25H,5,7,9-13H2,1-2H3,(H2,24,26,27). The maximum atomic E-state index is 6.28. The van der Waals surface area contributed by atoms with E-state index in [4.69, 9.17) is 20.6 Å². The monoisotopic (exact) mass is 406 g/mol. The molecule has 0 amide bonds. The summed E-state index contributed by atoms with van der Waals surface area (Å²) in [7, 11) is 0. The number of anilines is 1. The van der Waals surface area contributed by atoms with Crippen molar-refractivity contribution in [3.63, 3.8) is 0 Å². The Hall–Kier alpha value is -2.67. The Morgan fingerprint density at radius 2 is 2.03 bits per heavy atom. The van der Waals surface area contributed by atoms with Crippen LogP contribution >= 0.6 is 0 Å². The third-order valence-corrected chi connectivity index (χ3v) is 6.13. The molecule has 1 unspecified atom stereocenters. The molecule has 1 aliphatic heterocycles. The molecule has 0 radical (unpaired) electrons. The summed E-state index contributed by atoms with van der Waals surface area (Å²) in [6.07, 6.45) is 5.53. The molecule has 0 spiro atoms. The first-order valence-corrected chi connectivity index (χ1v) is 11.1. The van der Waals surface area contributed by atoms with E-state index in [2.05, 4.69) is 48.4 Å². The Bertz CT molecular complexity index is 1050. The summed E-state index contributed by atoms with van der Waals surface area (Å²) in [5.41, 5.74) is 12.0. The molecule has 0 bridgehead atoms. The molecule has 2 aromatic heterocycles. The molecule has 3 heterocycles. The highest BCUT2D eigenvalue weighted by Gasteiger charge is 2.27. The van der Waals surface area contributed by atoms with Crippen molar-refractivity contribution in [1.82, 2.24) is 24.9 Å². The van der Waals surface area contributed by atoms with Crippen LogP contribution in [0, 0.1) is 0 Å². The quantitative estimate of drug-likeness (QED) is 0.652. The summed E-state index contributed by atoms with van der Waals surface area (Å²) in [4.78, 5) is 9.13. The lowest BCUT2D eigenvalue weighted by Gasteiger charge is -2.22. The summed E-state index contributed by atoms with van der Waals surface area (Å²) in [6, 6.07) is 9.08. The van der Waals surface area contributed by atoms with E-state index in [0.717, 1.165) is 49.3 Å². The van der Waals surface area contributed by atoms with Crippen LogP contribution in [0.2, 0.25) is 0 Å². The van der Waals surface area contributed by atoms with Crippen molar-refractivity contribution in [3.05, 3.63) is 46.6 Å². The number of nitrogen functional groups attached to an aromatic ring is 1. The molecule has 2 fully saturated rings. The second kappa shape index (κ2) is 7.87. The van der Waals surface area contributed by atoms with Crippen molar-refractivity contribution in [1.29, 1.82) is 0 Å². The van der Waals surface area contributed by atoms with E-state index >= 15 is 0 Å². The first kappa shape index (κ1) is 19.3. The van der Waals surface area contributed by atoms with E-state index in [1.807, 2.05) is 0 Å². The van der Waals surface area contributed by atoms with Gasteiger partial charge in [0.05, 0.1) is 5.69 Å². The van der Waals surface area contributed by atoms with Crippen molar-refractivity contribution >= 4 is 11.6 Å². The molecule has 30 heavy (non-hydrogen) atoms. The van der Waals surface area contributed by atoms with Crippen molar-refractivity contribution in [3.8, 4) is 6.01 Å². The minimum atomic E-state index is 0.0795. The van der Waals surface area contributed by atoms with Gasteiger partial charge in [0.2, 0.25) is 5.95 Å². The van der Waals surface area contributed by atoms with Crippen molar-refractivity contribution in [2.45, 2.75) is 63.9 Å². The van der Waals surface area contributed by atoms with E-state index in [-0.39, 0.29) is 12.0 Å². The summed E-state index contributed by atoms with van der Waals surface area (Å²) in [6.45, 7) is 6.20. The predicted octanol–water partition coefficient (Wildman–Crippen LogP) is 3.43. The van der Waals surface area contributed by atoms with Gasteiger partial charge < -0.3 is 15.8 Å². The molecule has 3 N–H and O–H groups in total. The van der Waals surface area contributed by atoms with Crippen molar-refractivity contribution in [2.24, 2.45) is 0 Å². The average Bonchev–Trinajstić information content (AvgIpc) is 3.50. The molecule has 158 valence electrons. The Labute approximate surface area is 177 Å². The van der Waals surface area contributed by atoms with Crippen molar-refractivity contribution < 1.29 is 4.74 Å². The van der Waals surface area contributed by atoms with Gasteiger partial charge in [-0.3, -0.25) is 0 Å². The van der Waals surface area contributed by atoms with E-state index < -0.39 is 0 Å². The zero-order chi connectivity index (χ0) is 20.7. The third-order valence-electron chi connectivity index (χ3n) is 6.13. The maximum Gasteiger partial charge on any atom is 0.322 e. The number of hydrogen-bond acceptors (Lipinski definition) is 6. The first-order valence-electron chi connectivity index (χ1n) is 11.1. The number of rotatable bonds is 6. The molecule has 1 aromatic carbocycles. The van der Waals surface area contributed by atoms with Crippen LogP contribution in [0.25, 0.3) is 5.65 Å². The molecule has 7 heteroatoms. The van der Waals surface area contributed by atoms with E-state index in [9.17, 15) is 0 Å². The van der Waals surface area contributed by atoms with Crippen LogP contribution < -0.4 is 15.8 Å². The van der Waals surface area contributed by atoms with Gasteiger partial charge >= 0.3 is 6.01 Å². The minimum Gasteiger partial charge on any atom is -0.459 e. The van der Waals surface area contributed by atoms with Crippen LogP contribution in [0.3, 0.4) is 0 Å². The normalized spacial score (nSPS) is 19.5. The molecular formula is C23H30N6O. The number of nitrogens with zero attached hydrogens (tertiary/aromatic N) is 4. The second-order valence-corrected chi connectivity index (χ2v) is 8.85. The lowest BCUT2D eigenvalue weighted by atomic mass is 9.95. The number of fused-ring (bicyclic) bond motifs is 1. The largest absolute Gasteiger partial charge is 0.459 e. The lowest BCUT2D eigenvalue weighted by Crippen LogP contribution is -2.37. The number of ether oxygens (including phenoxy) is 1. The van der Waals surface area contributed by atoms with Crippen LogP contribution in [-0.4, -0.2) is 38.8 Å². The highest BCUT2D eigenvalue weighted by molar-refractivity contribution is 5.56. The fraction of sp³-hybridized carbons (Fsp3) is 0.522. The number of nitrogens with one attached hydrogen (secondary N) is 1. The van der Waals surface area contributed by atoms with Crippen LogP contribution in [0.4, 0.5) is 5.95 Å². The fourth-order valence-electron chi connectivity index (χ4n) is 4.51. The van der Waals surface area contributed by atoms with Crippen LogP contribution in [0.5, 0.6) is 6.01 Å². The van der Waals surface area contributed by atoms with Gasteiger partial charge in [-0.1, -0.05) is 38.1 Å². The van der Waals surface area contributed by atoms with Gasteiger partial charge in [0, 0.05) is 18.5 Å². The van der Waals surface area contributed by atoms with Crippen LogP contribution in [-0.2, 0) is 6.42 Å². The molecular weight excluding hydrogens is 376 g/mol. The molecule has 1 saturated heterocycles. The van der Waals surface area contributed by atoms with E-state index in [0.29, 0.717) is 17.9 Å². The number of piperidine rings is 1. The Morgan fingerprint density at radius 3 is 2.77 bits per heavy atom. The van der Waals surface area contributed by atoms with Crippen LogP contribution in [0.1, 0.15) is 73.8 Å². The average molecular weight is 407 g/mol. The Kier molecular flexibility index (Phi) is 5.06. The summed E-state index contributed by atoms with van der Waals surface area (Å²) >= 11 is 0. The minimum absolute atomic E-state index is 0.0795. The topological polar surface area (TPSA) is 90.4 Å². The Morgan fingerprint density at radius 1 is 1.20 bits per heavy atom. The zero-order valence-electron chi connectivity index (χ0n) is 17.8. The number of hydrogen-bond donors (Lipinski definition) is 2. The lowest BCUT2D eigenvalue weighted by molar-refractivity contribution is 0.153. The molecule has 1 aliphatic carbocycles. The van der Waals surface area contributed by atoms with E-state index in [1.165, 1.54) is 24.0 Å². The second-order valence-electron chi connectivity index (χ2n) is 8.85. The highest BCUT2D eigenvalue weighted by Crippen LogP contribution is 2.42. The predicted molar refractivity (Wildman–Crippen MR) is 117 cm³/mol. The number of benzene rings is 1. The van der Waals surface area contributed by atoms with Gasteiger partial charge in [-0.25, -0.2) is 0 Å². The molecule has 7 nitrogen and oxygen atoms in total. The summed E-state index contributed by atoms with van der Waals surface area (Å²) in [5, 5.41) is 8.19. The van der Waals surface area contributed by atoms with Gasteiger partial charge in [-0.15, -0.1) is 0 Å². The Balaban J connectivity index is 1.52. The molecule has 2 aliphatic rings. The van der Waals surface area contributed by atoms with E-state index in [1.54, 1.807) is 4.52 Å². The molecule has 5 rings (SSSR count). The van der Waals surface area contributed by atoms with Crippen molar-refractivity contribution in [2.75, 3.05) is 18.8 Å². The first-order chi connectivity index (χ1) is 14.6. The van der Waals surface area contributed by atoms with Crippen LogP contribution in [0.15, 0.2) is 24.3 Å². The smallest absolute Gasteiger partial charge is 0.322 e. The third kappa shape index (κ3) is 3.74. The SMILES string of the molecule is CC(C)c1c(Cc2ccccc2C2CC2)nn2c(N)nc(OC3CCCNC3)nc12. The van der Waals surface area contributed by atoms with Gasteiger partial charge in [0.15, 0.2) is 5.65 Å². The number of aromatic nitrogens is 4. The van der Waals surface area contributed by atoms with Gasteiger partial charge in [0.1, 0.15) is 6.10 Å². The summed E-state index contributed by atoms with van der Waals surface area (Å²) in [5.74, 6) is 1.29. The highest BCUT2D eigenvalue weighted by atomic mass is 16.5. The fourth-order valence-corrected chi connectivity index (χ4v) is 4.51. The van der Waals surface area contributed by atoms with Gasteiger partial charge in [-0.2, -0.15) is 19.6 Å². The molecule has 1 saturated carbocycles. The number of nitrogens with two attached hydrogens (primary N) is 1. The molecule has 1 atom stereocenters. The maximum absolute atomic E-state index is 6.28. The van der Waals surface area contributed by atoms with Gasteiger partial charge in [-0.05, 0) is 55.2 Å². The summed E-state index contributed by atoms with van der Waals surface area (Å²) < 4.78 is 7.74.